The van der Waals surface area contributed by atoms with Crippen LogP contribution < -0.4 is 21.1 Å². The monoisotopic (exact) mass is 766 g/mol. The standard InChI is InChI=1S/C38H51N6O9P/c1-22(2)30-7-6-8-34(24(30)4)53-20-28(10-14-35(39)47)41-37(49)33-13-11-29(44(33)21-45)15-16-43(25(5)46)19-23(3)40-36(48)32-18-27-17-26(38(50)54(51)52)9-12-31(27)42-32/h6-9,12,17-18,21-23,28-29,33,42,51-52H,10-11,13-16,19-20H2,1-5H3,(H2,39,47)(H,40,48)(H,41,49)/t23?,28?,29-,33?/m1/s1. The molecule has 0 spiro atoms. The van der Waals surface area contributed by atoms with Crippen LogP contribution in [0.2, 0.25) is 0 Å². The second kappa shape index (κ2) is 19.0. The predicted molar refractivity (Wildman–Crippen MR) is 204 cm³/mol. The van der Waals surface area contributed by atoms with Gasteiger partial charge in [0, 0.05) is 55.0 Å². The number of fused-ring (bicyclic) bond motifs is 1. The second-order valence-electron chi connectivity index (χ2n) is 14.2. The minimum absolute atomic E-state index is 0.0479. The molecule has 4 rings (SSSR count). The van der Waals surface area contributed by atoms with E-state index in [0.717, 1.165) is 11.1 Å². The van der Waals surface area contributed by atoms with Gasteiger partial charge in [0.05, 0.1) is 6.04 Å². The first-order valence-electron chi connectivity index (χ1n) is 18.0. The number of H-pyrrole nitrogens is 1. The maximum atomic E-state index is 13.6. The molecular weight excluding hydrogens is 715 g/mol. The number of aromatic amines is 1. The fraction of sp³-hybridized carbons (Fsp3) is 0.474. The molecule has 0 bridgehead atoms. The Labute approximate surface area is 315 Å². The van der Waals surface area contributed by atoms with Gasteiger partial charge in [-0.3, -0.25) is 28.8 Å². The molecule has 2 heterocycles. The number of benzene rings is 2. The molecule has 1 aromatic heterocycles. The maximum Gasteiger partial charge on any atom is 0.267 e. The molecule has 4 atom stereocenters. The molecule has 0 saturated carbocycles. The maximum absolute atomic E-state index is 13.6. The van der Waals surface area contributed by atoms with Crippen LogP contribution in [0.15, 0.2) is 42.5 Å². The number of carbonyl (C=O) groups excluding carboxylic acids is 6. The largest absolute Gasteiger partial charge is 0.491 e. The van der Waals surface area contributed by atoms with Crippen molar-refractivity contribution in [3.05, 3.63) is 64.8 Å². The molecule has 0 radical (unpaired) electrons. The Balaban J connectivity index is 1.33. The van der Waals surface area contributed by atoms with Crippen molar-refractivity contribution in [2.24, 2.45) is 5.73 Å². The molecule has 292 valence electrons. The Morgan fingerprint density at radius 1 is 1.09 bits per heavy atom. The molecule has 54 heavy (non-hydrogen) atoms. The number of amides is 5. The normalized spacial score (nSPS) is 16.6. The van der Waals surface area contributed by atoms with Gasteiger partial charge in [-0.25, -0.2) is 0 Å². The number of primary amides is 1. The van der Waals surface area contributed by atoms with Gasteiger partial charge in [-0.05, 0) is 86.9 Å². The molecule has 3 unspecified atom stereocenters. The van der Waals surface area contributed by atoms with Crippen LogP contribution in [0, 0.1) is 6.92 Å². The van der Waals surface area contributed by atoms with Crippen LogP contribution in [0.25, 0.3) is 10.9 Å². The molecule has 2 aromatic carbocycles. The smallest absolute Gasteiger partial charge is 0.267 e. The number of carbonyl (C=O) groups is 6. The van der Waals surface area contributed by atoms with Crippen molar-refractivity contribution in [2.75, 3.05) is 19.7 Å². The fourth-order valence-electron chi connectivity index (χ4n) is 6.90. The molecular formula is C38H51N6O9P. The molecule has 1 aliphatic rings. The summed E-state index contributed by atoms with van der Waals surface area (Å²) in [7, 11) is -2.77. The van der Waals surface area contributed by atoms with Gasteiger partial charge >= 0.3 is 0 Å². The van der Waals surface area contributed by atoms with Crippen LogP contribution >= 0.6 is 8.38 Å². The lowest BCUT2D eigenvalue weighted by molar-refractivity contribution is -0.133. The van der Waals surface area contributed by atoms with Crippen LogP contribution in [0.5, 0.6) is 5.75 Å². The Bertz CT molecular complexity index is 1850. The van der Waals surface area contributed by atoms with E-state index in [-0.39, 0.29) is 61.7 Å². The average Bonchev–Trinajstić information content (AvgIpc) is 3.75. The Kier molecular flexibility index (Phi) is 14.7. The number of nitrogens with zero attached hydrogens (tertiary/aromatic N) is 2. The Morgan fingerprint density at radius 3 is 2.48 bits per heavy atom. The molecule has 1 aliphatic heterocycles. The van der Waals surface area contributed by atoms with E-state index in [9.17, 15) is 38.6 Å². The molecule has 16 heteroatoms. The summed E-state index contributed by atoms with van der Waals surface area (Å²) in [6.45, 7) is 9.94. The predicted octanol–water partition coefficient (Wildman–Crippen LogP) is 3.21. The lowest BCUT2D eigenvalue weighted by atomic mass is 9.97. The van der Waals surface area contributed by atoms with Crippen LogP contribution in [0.4, 0.5) is 0 Å². The molecule has 1 fully saturated rings. The van der Waals surface area contributed by atoms with Crippen molar-refractivity contribution in [3.8, 4) is 5.75 Å². The highest BCUT2D eigenvalue weighted by Crippen LogP contribution is 2.31. The zero-order chi connectivity index (χ0) is 39.7. The third kappa shape index (κ3) is 10.9. The highest BCUT2D eigenvalue weighted by Gasteiger charge is 2.38. The zero-order valence-corrected chi connectivity index (χ0v) is 32.2. The van der Waals surface area contributed by atoms with E-state index >= 15 is 0 Å². The first kappa shape index (κ1) is 41.9. The van der Waals surface area contributed by atoms with Crippen molar-refractivity contribution in [3.63, 3.8) is 0 Å². The number of nitrogens with two attached hydrogens (primary N) is 1. The number of likely N-dealkylation sites (tertiary alicyclic amines) is 1. The summed E-state index contributed by atoms with van der Waals surface area (Å²) in [6, 6.07) is 9.83. The van der Waals surface area contributed by atoms with Crippen LogP contribution in [-0.4, -0.2) is 104 Å². The summed E-state index contributed by atoms with van der Waals surface area (Å²) in [5.41, 5.74) is 7.69. The summed E-state index contributed by atoms with van der Waals surface area (Å²) in [6.07, 6.45) is 2.35. The van der Waals surface area contributed by atoms with E-state index in [4.69, 9.17) is 10.5 Å². The van der Waals surface area contributed by atoms with E-state index in [1.807, 2.05) is 25.1 Å². The number of ether oxygens (including phenoxy) is 1. The van der Waals surface area contributed by atoms with Crippen LogP contribution in [0.3, 0.4) is 0 Å². The number of nitrogens with one attached hydrogen (secondary N) is 3. The summed E-state index contributed by atoms with van der Waals surface area (Å²) >= 11 is 0. The summed E-state index contributed by atoms with van der Waals surface area (Å²) < 4.78 is 6.12. The third-order valence-electron chi connectivity index (χ3n) is 9.80. The van der Waals surface area contributed by atoms with Crippen LogP contribution in [-0.2, 0) is 19.2 Å². The molecule has 15 nitrogen and oxygen atoms in total. The molecule has 3 aromatic rings. The number of hydrogen-bond donors (Lipinski definition) is 6. The highest BCUT2D eigenvalue weighted by atomic mass is 31.2. The lowest BCUT2D eigenvalue weighted by Crippen LogP contribution is -2.50. The van der Waals surface area contributed by atoms with Gasteiger partial charge in [-0.2, -0.15) is 0 Å². The lowest BCUT2D eigenvalue weighted by Gasteiger charge is -2.30. The summed E-state index contributed by atoms with van der Waals surface area (Å²) in [5.74, 6) is -0.526. The van der Waals surface area contributed by atoms with Crippen molar-refractivity contribution in [1.82, 2.24) is 25.4 Å². The van der Waals surface area contributed by atoms with Gasteiger partial charge in [0.15, 0.2) is 0 Å². The van der Waals surface area contributed by atoms with E-state index in [0.29, 0.717) is 48.2 Å². The van der Waals surface area contributed by atoms with Crippen molar-refractivity contribution in [1.29, 1.82) is 0 Å². The van der Waals surface area contributed by atoms with Gasteiger partial charge in [-0.1, -0.05) is 26.0 Å². The highest BCUT2D eigenvalue weighted by molar-refractivity contribution is 7.65. The molecule has 1 saturated heterocycles. The first-order valence-corrected chi connectivity index (χ1v) is 19.3. The summed E-state index contributed by atoms with van der Waals surface area (Å²) in [4.78, 5) is 99.7. The Morgan fingerprint density at radius 2 is 1.83 bits per heavy atom. The quantitative estimate of drug-likeness (QED) is 0.0777. The van der Waals surface area contributed by atoms with E-state index < -0.39 is 43.8 Å². The van der Waals surface area contributed by atoms with Gasteiger partial charge in [-0.15, -0.1) is 0 Å². The minimum atomic E-state index is -2.77. The number of hydrogen-bond acceptors (Lipinski definition) is 9. The average molecular weight is 767 g/mol. The second-order valence-corrected chi connectivity index (χ2v) is 15.1. The number of aromatic nitrogens is 1. The SMILES string of the molecule is CC(=O)N(CC[C@H]1CCC(C(=O)NC(CCC(N)=O)COc2cccc(C(C)C)c2C)N1C=O)CC(C)NC(=O)c1cc2cc(C(=O)P(O)O)ccc2[nH]1. The zero-order valence-electron chi connectivity index (χ0n) is 31.3. The first-order chi connectivity index (χ1) is 25.6. The van der Waals surface area contributed by atoms with Crippen molar-refractivity contribution < 1.29 is 43.3 Å². The van der Waals surface area contributed by atoms with Crippen LogP contribution in [0.1, 0.15) is 97.7 Å². The molecule has 0 aliphatic carbocycles. The summed E-state index contributed by atoms with van der Waals surface area (Å²) in [5, 5.41) is 6.38. The van der Waals surface area contributed by atoms with Gasteiger partial charge in [0.2, 0.25) is 38.0 Å². The fourth-order valence-corrected chi connectivity index (χ4v) is 7.27. The van der Waals surface area contributed by atoms with E-state index in [2.05, 4.69) is 29.5 Å². The van der Waals surface area contributed by atoms with Gasteiger partial charge in [0.25, 0.3) is 5.91 Å². The Hall–Kier alpha value is -4.85. The third-order valence-corrected chi connectivity index (χ3v) is 10.4. The van der Waals surface area contributed by atoms with E-state index in [1.165, 1.54) is 24.0 Å². The minimum Gasteiger partial charge on any atom is -0.491 e. The van der Waals surface area contributed by atoms with Gasteiger partial charge < -0.3 is 45.7 Å². The van der Waals surface area contributed by atoms with Crippen molar-refractivity contribution in [2.45, 2.75) is 96.8 Å². The molecule has 5 amide bonds. The topological polar surface area (TPSA) is 224 Å². The van der Waals surface area contributed by atoms with Crippen molar-refractivity contribution >= 4 is 54.8 Å². The van der Waals surface area contributed by atoms with E-state index in [1.54, 1.807) is 24.0 Å². The molecule has 7 N–H and O–H groups in total. The van der Waals surface area contributed by atoms with Gasteiger partial charge in [0.1, 0.15) is 24.1 Å². The number of rotatable bonds is 19.